The molecule has 4 aromatic rings. The van der Waals surface area contributed by atoms with E-state index in [1.807, 2.05) is 0 Å². The third-order valence-electron chi connectivity index (χ3n) is 4.72. The number of nitrogens with zero attached hydrogens (tertiary/aromatic N) is 1. The van der Waals surface area contributed by atoms with Crippen molar-refractivity contribution in [3.63, 3.8) is 0 Å². The Balaban J connectivity index is 2.03. The summed E-state index contributed by atoms with van der Waals surface area (Å²) in [4.78, 5) is 4.96. The average molecular weight is 269 g/mol. The van der Waals surface area contributed by atoms with E-state index in [0.29, 0.717) is 0 Å². The van der Waals surface area contributed by atoms with Crippen molar-refractivity contribution in [2.24, 2.45) is 0 Å². The lowest BCUT2D eigenvalue weighted by Crippen LogP contribution is -1.88. The van der Waals surface area contributed by atoms with Gasteiger partial charge in [-0.2, -0.15) is 0 Å². The van der Waals surface area contributed by atoms with Gasteiger partial charge in [-0.15, -0.1) is 0 Å². The van der Waals surface area contributed by atoms with Crippen molar-refractivity contribution in [2.45, 2.75) is 19.8 Å². The molecule has 0 saturated carbocycles. The second-order valence-electron chi connectivity index (χ2n) is 6.13. The molecule has 1 nitrogen and oxygen atoms in total. The number of pyridine rings is 1. The van der Waals surface area contributed by atoms with Crippen molar-refractivity contribution >= 4 is 32.6 Å². The van der Waals surface area contributed by atoms with E-state index < -0.39 is 0 Å². The maximum Gasteiger partial charge on any atom is 0.0788 e. The highest BCUT2D eigenvalue weighted by molar-refractivity contribution is 6.11. The molecule has 1 aromatic heterocycles. The van der Waals surface area contributed by atoms with Gasteiger partial charge in [-0.05, 0) is 60.5 Å². The van der Waals surface area contributed by atoms with Gasteiger partial charge in [0.2, 0.25) is 0 Å². The van der Waals surface area contributed by atoms with E-state index in [-0.39, 0.29) is 0 Å². The number of aromatic nitrogens is 1. The van der Waals surface area contributed by atoms with Crippen LogP contribution in [0.1, 0.15) is 16.7 Å². The molecule has 1 heteroatoms. The van der Waals surface area contributed by atoms with Gasteiger partial charge in [-0.3, -0.25) is 0 Å². The predicted molar refractivity (Wildman–Crippen MR) is 88.9 cm³/mol. The molecule has 5 rings (SSSR count). The van der Waals surface area contributed by atoms with Crippen LogP contribution in [0, 0.1) is 6.92 Å². The van der Waals surface area contributed by atoms with Crippen molar-refractivity contribution < 1.29 is 0 Å². The smallest absolute Gasteiger partial charge is 0.0788 e. The summed E-state index contributed by atoms with van der Waals surface area (Å²) in [6.45, 7) is 2.13. The Morgan fingerprint density at radius 1 is 0.857 bits per heavy atom. The number of aryl methyl sites for hydroxylation is 3. The fraction of sp³-hybridized carbons (Fsp3) is 0.150. The Morgan fingerprint density at radius 2 is 1.76 bits per heavy atom. The van der Waals surface area contributed by atoms with Crippen LogP contribution in [-0.2, 0) is 12.8 Å². The van der Waals surface area contributed by atoms with Gasteiger partial charge in [-0.1, -0.05) is 29.8 Å². The van der Waals surface area contributed by atoms with Gasteiger partial charge in [-0.25, -0.2) is 4.98 Å². The highest BCUT2D eigenvalue weighted by Crippen LogP contribution is 2.36. The third kappa shape index (κ3) is 1.49. The van der Waals surface area contributed by atoms with Gasteiger partial charge in [0.1, 0.15) is 0 Å². The van der Waals surface area contributed by atoms with Crippen molar-refractivity contribution in [1.82, 2.24) is 4.98 Å². The monoisotopic (exact) mass is 269 g/mol. The van der Waals surface area contributed by atoms with Crippen LogP contribution in [-0.4, -0.2) is 4.98 Å². The largest absolute Gasteiger partial charge is 0.247 e. The fourth-order valence-electron chi connectivity index (χ4n) is 3.75. The van der Waals surface area contributed by atoms with Crippen LogP contribution < -0.4 is 0 Å². The number of benzene rings is 3. The highest BCUT2D eigenvalue weighted by atomic mass is 14.7. The molecule has 0 unspecified atom stereocenters. The Bertz CT molecular complexity index is 1040. The van der Waals surface area contributed by atoms with Gasteiger partial charge < -0.3 is 0 Å². The molecule has 0 spiro atoms. The summed E-state index contributed by atoms with van der Waals surface area (Å²) < 4.78 is 0. The maximum absolute atomic E-state index is 4.96. The van der Waals surface area contributed by atoms with Crippen LogP contribution >= 0.6 is 0 Å². The zero-order valence-electron chi connectivity index (χ0n) is 12.0. The molecule has 0 amide bonds. The molecular weight excluding hydrogens is 254 g/mol. The van der Waals surface area contributed by atoms with Crippen molar-refractivity contribution in [3.8, 4) is 0 Å². The van der Waals surface area contributed by atoms with Crippen LogP contribution in [0.5, 0.6) is 0 Å². The van der Waals surface area contributed by atoms with Gasteiger partial charge in [0.25, 0.3) is 0 Å². The highest BCUT2D eigenvalue weighted by Gasteiger charge is 2.16. The third-order valence-corrected chi connectivity index (χ3v) is 4.72. The molecule has 100 valence electrons. The number of hydrogen-bond acceptors (Lipinski definition) is 1. The summed E-state index contributed by atoms with van der Waals surface area (Å²) in [6.07, 6.45) is 2.33. The van der Waals surface area contributed by atoms with Crippen LogP contribution in [0.3, 0.4) is 0 Å². The second kappa shape index (κ2) is 3.82. The maximum atomic E-state index is 4.96. The first-order valence-corrected chi connectivity index (χ1v) is 7.54. The van der Waals surface area contributed by atoms with Crippen molar-refractivity contribution in [1.29, 1.82) is 0 Å². The molecule has 1 aliphatic carbocycles. The fourth-order valence-corrected chi connectivity index (χ4v) is 3.75. The minimum absolute atomic E-state index is 1.09. The molecule has 0 bridgehead atoms. The van der Waals surface area contributed by atoms with Crippen molar-refractivity contribution in [2.75, 3.05) is 0 Å². The first-order valence-electron chi connectivity index (χ1n) is 7.54. The molecular formula is C20H15N. The summed E-state index contributed by atoms with van der Waals surface area (Å²) in [6, 6.07) is 17.8. The Hall–Kier alpha value is -2.41. The topological polar surface area (TPSA) is 12.9 Å². The number of fused-ring (bicyclic) bond motifs is 3. The summed E-state index contributed by atoms with van der Waals surface area (Å²) in [5.41, 5.74) is 6.49. The van der Waals surface area contributed by atoms with E-state index >= 15 is 0 Å². The summed E-state index contributed by atoms with van der Waals surface area (Å²) in [7, 11) is 0. The van der Waals surface area contributed by atoms with Crippen LogP contribution in [0.2, 0.25) is 0 Å². The lowest BCUT2D eigenvalue weighted by Gasteiger charge is -2.08. The molecule has 1 heterocycles. The lowest BCUT2D eigenvalue weighted by molar-refractivity contribution is 1.03. The minimum Gasteiger partial charge on any atom is -0.247 e. The molecule has 0 radical (unpaired) electrons. The Labute approximate surface area is 123 Å². The quantitative estimate of drug-likeness (QED) is 0.325. The molecule has 0 N–H and O–H groups in total. The summed E-state index contributed by atoms with van der Waals surface area (Å²) >= 11 is 0. The van der Waals surface area contributed by atoms with Crippen molar-refractivity contribution in [3.05, 3.63) is 65.2 Å². The normalized spacial score (nSPS) is 13.6. The summed E-state index contributed by atoms with van der Waals surface area (Å²) in [5, 5.41) is 5.28. The predicted octanol–water partition coefficient (Wildman–Crippen LogP) is 4.95. The Kier molecular flexibility index (Phi) is 2.05. The molecule has 3 aromatic carbocycles. The zero-order chi connectivity index (χ0) is 14.0. The van der Waals surface area contributed by atoms with Crippen LogP contribution in [0.4, 0.5) is 0 Å². The van der Waals surface area contributed by atoms with Crippen LogP contribution in [0.15, 0.2) is 48.5 Å². The first-order chi connectivity index (χ1) is 10.3. The van der Waals surface area contributed by atoms with E-state index in [2.05, 4.69) is 55.5 Å². The standard InChI is InChI=1S/C20H15N/c1-12-5-8-18-15(9-12)11-16-10-14-7-6-13-3-2-4-17(19(13)14)20(16)21-18/h2-5,8-11H,6-7H2,1H3. The van der Waals surface area contributed by atoms with Gasteiger partial charge in [0, 0.05) is 16.2 Å². The SMILES string of the molecule is Cc1ccc2nc3c(cc4c5c(cccc53)CC4)cc2c1. The number of hydrogen-bond donors (Lipinski definition) is 0. The minimum atomic E-state index is 1.09. The molecule has 21 heavy (non-hydrogen) atoms. The molecule has 1 aliphatic rings. The van der Waals surface area contributed by atoms with Gasteiger partial charge >= 0.3 is 0 Å². The average Bonchev–Trinajstić information content (AvgIpc) is 2.90. The lowest BCUT2D eigenvalue weighted by atomic mass is 9.99. The van der Waals surface area contributed by atoms with E-state index in [0.717, 1.165) is 17.5 Å². The Morgan fingerprint density at radius 3 is 2.71 bits per heavy atom. The first kappa shape index (κ1) is 11.3. The van der Waals surface area contributed by atoms with E-state index in [4.69, 9.17) is 4.98 Å². The molecule has 0 fully saturated rings. The van der Waals surface area contributed by atoms with Gasteiger partial charge in [0.05, 0.1) is 11.0 Å². The zero-order valence-corrected chi connectivity index (χ0v) is 12.0. The molecule has 0 saturated heterocycles. The van der Waals surface area contributed by atoms with E-state index in [1.165, 1.54) is 44.7 Å². The summed E-state index contributed by atoms with van der Waals surface area (Å²) in [5.74, 6) is 0. The second-order valence-corrected chi connectivity index (χ2v) is 6.13. The van der Waals surface area contributed by atoms with Crippen LogP contribution in [0.25, 0.3) is 32.6 Å². The number of rotatable bonds is 0. The van der Waals surface area contributed by atoms with E-state index in [9.17, 15) is 0 Å². The van der Waals surface area contributed by atoms with Gasteiger partial charge in [0.15, 0.2) is 0 Å². The molecule has 0 aliphatic heterocycles. The molecule has 0 atom stereocenters. The van der Waals surface area contributed by atoms with E-state index in [1.54, 1.807) is 0 Å².